The van der Waals surface area contributed by atoms with Crippen molar-refractivity contribution < 1.29 is 22.4 Å². The van der Waals surface area contributed by atoms with Crippen molar-refractivity contribution in [3.05, 3.63) is 64.4 Å². The summed E-state index contributed by atoms with van der Waals surface area (Å²) in [5.41, 5.74) is 0.704. The van der Waals surface area contributed by atoms with E-state index < -0.39 is 15.8 Å². The van der Waals surface area contributed by atoms with Crippen LogP contribution in [0.25, 0.3) is 0 Å². The molecule has 2 aromatic carbocycles. The molecule has 6 nitrogen and oxygen atoms in total. The Labute approximate surface area is 186 Å². The smallest absolute Gasteiger partial charge is 0.243 e. The first-order chi connectivity index (χ1) is 14.6. The normalized spacial score (nSPS) is 15.6. The van der Waals surface area contributed by atoms with Gasteiger partial charge in [0.1, 0.15) is 5.82 Å². The molecule has 1 aliphatic heterocycles. The van der Waals surface area contributed by atoms with E-state index in [1.807, 2.05) is 0 Å². The largest absolute Gasteiger partial charge is 0.341 e. The minimum atomic E-state index is -3.70. The molecule has 1 aliphatic rings. The quantitative estimate of drug-likeness (QED) is 0.608. The third-order valence-electron chi connectivity index (χ3n) is 5.53. The molecule has 0 aromatic heterocycles. The standard InChI is InChI=1S/C22H24ClFN2O4S/c1-15(27)16-6-8-18(9-7-16)31(29,30)26-12-10-17(11-13-26)22(28)25(2)14-19-20(23)4-3-5-21(19)24/h3-9,17H,10-14H2,1-2H3. The zero-order valence-electron chi connectivity index (χ0n) is 17.3. The van der Waals surface area contributed by atoms with Crippen molar-refractivity contribution in [2.75, 3.05) is 20.1 Å². The molecule has 1 saturated heterocycles. The van der Waals surface area contributed by atoms with Gasteiger partial charge >= 0.3 is 0 Å². The number of carbonyl (C=O) groups is 2. The number of piperidine rings is 1. The van der Waals surface area contributed by atoms with E-state index in [1.54, 1.807) is 13.1 Å². The SMILES string of the molecule is CC(=O)c1ccc(S(=O)(=O)N2CCC(C(=O)N(C)Cc3c(F)cccc3Cl)CC2)cc1. The van der Waals surface area contributed by atoms with Crippen LogP contribution in [0.3, 0.4) is 0 Å². The summed E-state index contributed by atoms with van der Waals surface area (Å²) in [5, 5.41) is 0.261. The van der Waals surface area contributed by atoms with Crippen LogP contribution in [-0.4, -0.2) is 49.5 Å². The van der Waals surface area contributed by atoms with E-state index in [4.69, 9.17) is 11.6 Å². The van der Waals surface area contributed by atoms with Crippen molar-refractivity contribution in [2.45, 2.75) is 31.2 Å². The van der Waals surface area contributed by atoms with Crippen molar-refractivity contribution >= 4 is 33.3 Å². The van der Waals surface area contributed by atoms with E-state index in [-0.39, 0.29) is 52.7 Å². The summed E-state index contributed by atoms with van der Waals surface area (Å²) in [7, 11) is -2.12. The maximum atomic E-state index is 14.0. The van der Waals surface area contributed by atoms with Gasteiger partial charge in [-0.2, -0.15) is 4.31 Å². The molecule has 0 aliphatic carbocycles. The molecule has 1 heterocycles. The van der Waals surface area contributed by atoms with Gasteiger partial charge in [0, 0.05) is 48.7 Å². The van der Waals surface area contributed by atoms with Crippen molar-refractivity contribution in [1.29, 1.82) is 0 Å². The van der Waals surface area contributed by atoms with Gasteiger partial charge < -0.3 is 4.90 Å². The summed E-state index contributed by atoms with van der Waals surface area (Å²) in [4.78, 5) is 25.8. The number of sulfonamides is 1. The van der Waals surface area contributed by atoms with Gasteiger partial charge in [0.15, 0.2) is 5.78 Å². The van der Waals surface area contributed by atoms with Gasteiger partial charge in [-0.3, -0.25) is 9.59 Å². The molecule has 0 N–H and O–H groups in total. The van der Waals surface area contributed by atoms with Crippen molar-refractivity contribution in [3.63, 3.8) is 0 Å². The Kier molecular flexibility index (Phi) is 7.13. The number of amides is 1. The van der Waals surface area contributed by atoms with Crippen LogP contribution < -0.4 is 0 Å². The number of rotatable bonds is 6. The van der Waals surface area contributed by atoms with Crippen molar-refractivity contribution in [2.24, 2.45) is 5.92 Å². The minimum Gasteiger partial charge on any atom is -0.341 e. The monoisotopic (exact) mass is 466 g/mol. The van der Waals surface area contributed by atoms with E-state index in [0.717, 1.165) is 0 Å². The minimum absolute atomic E-state index is 0.0470. The maximum absolute atomic E-state index is 14.0. The first-order valence-electron chi connectivity index (χ1n) is 9.90. The molecule has 9 heteroatoms. The molecule has 1 fully saturated rings. The van der Waals surface area contributed by atoms with Gasteiger partial charge in [-0.1, -0.05) is 29.8 Å². The molecule has 2 aromatic rings. The summed E-state index contributed by atoms with van der Waals surface area (Å²) in [5.74, 6) is -1.11. The lowest BCUT2D eigenvalue weighted by atomic mass is 9.96. The molecule has 0 unspecified atom stereocenters. The molecule has 0 saturated carbocycles. The molecule has 0 bridgehead atoms. The van der Waals surface area contributed by atoms with E-state index >= 15 is 0 Å². The molecular weight excluding hydrogens is 443 g/mol. The molecule has 31 heavy (non-hydrogen) atoms. The van der Waals surface area contributed by atoms with Gasteiger partial charge in [0.2, 0.25) is 15.9 Å². The predicted octanol–water partition coefficient (Wildman–Crippen LogP) is 3.74. The molecule has 0 spiro atoms. The lowest BCUT2D eigenvalue weighted by molar-refractivity contribution is -0.136. The van der Waals surface area contributed by atoms with Gasteiger partial charge in [-0.25, -0.2) is 12.8 Å². The number of ketones is 1. The Morgan fingerprint density at radius 2 is 1.74 bits per heavy atom. The highest BCUT2D eigenvalue weighted by atomic mass is 35.5. The third kappa shape index (κ3) is 5.14. The Bertz CT molecular complexity index is 1060. The highest BCUT2D eigenvalue weighted by molar-refractivity contribution is 7.89. The Morgan fingerprint density at radius 1 is 1.13 bits per heavy atom. The second-order valence-corrected chi connectivity index (χ2v) is 10.00. The number of Topliss-reactive ketones (excluding diaryl/α,β-unsaturated/α-hetero) is 1. The van der Waals surface area contributed by atoms with Crippen LogP contribution >= 0.6 is 11.6 Å². The van der Waals surface area contributed by atoms with Crippen LogP contribution in [0, 0.1) is 11.7 Å². The van der Waals surface area contributed by atoms with Crippen LogP contribution in [0.2, 0.25) is 5.02 Å². The average molecular weight is 467 g/mol. The Morgan fingerprint density at radius 3 is 2.29 bits per heavy atom. The summed E-state index contributed by atoms with van der Waals surface area (Å²) >= 11 is 6.05. The fraction of sp³-hybridized carbons (Fsp3) is 0.364. The van der Waals surface area contributed by atoms with E-state index in [9.17, 15) is 22.4 Å². The van der Waals surface area contributed by atoms with Gasteiger partial charge in [-0.15, -0.1) is 0 Å². The number of carbonyl (C=O) groups excluding carboxylic acids is 2. The number of halogens is 2. The molecule has 0 radical (unpaired) electrons. The average Bonchev–Trinajstić information content (AvgIpc) is 2.76. The van der Waals surface area contributed by atoms with Gasteiger partial charge in [-0.05, 0) is 44.0 Å². The summed E-state index contributed by atoms with van der Waals surface area (Å²) in [6, 6.07) is 10.2. The molecular formula is C22H24ClFN2O4S. The number of hydrogen-bond acceptors (Lipinski definition) is 4. The lowest BCUT2D eigenvalue weighted by Crippen LogP contribution is -2.43. The Balaban J connectivity index is 1.63. The second-order valence-electron chi connectivity index (χ2n) is 7.65. The van der Waals surface area contributed by atoms with Crippen molar-refractivity contribution in [1.82, 2.24) is 9.21 Å². The molecule has 0 atom stereocenters. The molecule has 1 amide bonds. The van der Waals surface area contributed by atoms with Crippen LogP contribution in [0.5, 0.6) is 0 Å². The summed E-state index contributed by atoms with van der Waals surface area (Å²) in [6.07, 6.45) is 0.748. The highest BCUT2D eigenvalue weighted by Gasteiger charge is 2.33. The number of benzene rings is 2. The molecule has 3 rings (SSSR count). The third-order valence-corrected chi connectivity index (χ3v) is 7.80. The van der Waals surface area contributed by atoms with Crippen molar-refractivity contribution in [3.8, 4) is 0 Å². The second kappa shape index (κ2) is 9.46. The Hall–Kier alpha value is -2.29. The van der Waals surface area contributed by atoms with Crippen LogP contribution in [0.1, 0.15) is 35.7 Å². The van der Waals surface area contributed by atoms with E-state index in [0.29, 0.717) is 18.4 Å². The lowest BCUT2D eigenvalue weighted by Gasteiger charge is -2.32. The maximum Gasteiger partial charge on any atom is 0.243 e. The fourth-order valence-electron chi connectivity index (χ4n) is 3.66. The highest BCUT2D eigenvalue weighted by Crippen LogP contribution is 2.27. The fourth-order valence-corrected chi connectivity index (χ4v) is 5.36. The number of nitrogens with zero attached hydrogens (tertiary/aromatic N) is 2. The first-order valence-corrected chi connectivity index (χ1v) is 11.7. The zero-order chi connectivity index (χ0) is 22.8. The molecule has 166 valence electrons. The van der Waals surface area contributed by atoms with E-state index in [2.05, 4.69) is 0 Å². The number of hydrogen-bond donors (Lipinski definition) is 0. The first kappa shape index (κ1) is 23.4. The summed E-state index contributed by atoms with van der Waals surface area (Å²) in [6.45, 7) is 1.89. The topological polar surface area (TPSA) is 74.8 Å². The van der Waals surface area contributed by atoms with Gasteiger partial charge in [0.25, 0.3) is 0 Å². The van der Waals surface area contributed by atoms with Gasteiger partial charge in [0.05, 0.1) is 4.90 Å². The van der Waals surface area contributed by atoms with Crippen LogP contribution in [0.15, 0.2) is 47.4 Å². The summed E-state index contributed by atoms with van der Waals surface area (Å²) < 4.78 is 41.1. The zero-order valence-corrected chi connectivity index (χ0v) is 18.9. The van der Waals surface area contributed by atoms with E-state index in [1.165, 1.54) is 52.5 Å². The van der Waals surface area contributed by atoms with Crippen LogP contribution in [-0.2, 0) is 21.4 Å². The van der Waals surface area contributed by atoms with Crippen LogP contribution in [0.4, 0.5) is 4.39 Å². The predicted molar refractivity (Wildman–Crippen MR) is 116 cm³/mol.